The number of halogens is 1. The van der Waals surface area contributed by atoms with Crippen molar-refractivity contribution < 1.29 is 19.4 Å². The maximum Gasteiger partial charge on any atom is 0.279 e. The van der Waals surface area contributed by atoms with Gasteiger partial charge in [-0.3, -0.25) is 9.59 Å². The number of hydrogen-bond donors (Lipinski definition) is 4. The molecule has 0 atom stereocenters. The molecule has 0 radical (unpaired) electrons. The van der Waals surface area contributed by atoms with Gasteiger partial charge < -0.3 is 20.4 Å². The standard InChI is InChI=1S/C22H27ClN4O2/c1-2-24-22(29)18-6-4-8-20(14-18)25-21(28)16-27-11-9-26(10-12-27)15-17-5-3-7-19(23)13-17/h3-8,13-14H,2,9-12,15-16H2,1H3,(H,24,29)(H,25,28)/p+2. The second-order valence-corrected chi connectivity index (χ2v) is 7.91. The van der Waals surface area contributed by atoms with Crippen LogP contribution in [0.5, 0.6) is 0 Å². The second kappa shape index (κ2) is 10.4. The molecule has 0 unspecified atom stereocenters. The Kier molecular flexibility index (Phi) is 7.63. The van der Waals surface area contributed by atoms with Gasteiger partial charge in [-0.25, -0.2) is 0 Å². The van der Waals surface area contributed by atoms with Gasteiger partial charge in [-0.1, -0.05) is 29.8 Å². The summed E-state index contributed by atoms with van der Waals surface area (Å²) >= 11 is 6.07. The number of nitrogens with one attached hydrogen (secondary N) is 4. The van der Waals surface area contributed by atoms with Crippen LogP contribution in [-0.4, -0.2) is 51.1 Å². The lowest BCUT2D eigenvalue weighted by Gasteiger charge is -2.29. The first-order valence-electron chi connectivity index (χ1n) is 10.1. The average Bonchev–Trinajstić information content (AvgIpc) is 2.70. The first-order valence-corrected chi connectivity index (χ1v) is 10.5. The zero-order valence-electron chi connectivity index (χ0n) is 16.8. The number of anilines is 1. The molecule has 1 saturated heterocycles. The lowest BCUT2D eigenvalue weighted by molar-refractivity contribution is -1.02. The van der Waals surface area contributed by atoms with Crippen molar-refractivity contribution in [2.24, 2.45) is 0 Å². The van der Waals surface area contributed by atoms with Crippen molar-refractivity contribution in [3.05, 3.63) is 64.7 Å². The molecular weight excluding hydrogens is 388 g/mol. The highest BCUT2D eigenvalue weighted by atomic mass is 35.5. The fourth-order valence-corrected chi connectivity index (χ4v) is 3.89. The Morgan fingerprint density at radius 3 is 2.45 bits per heavy atom. The van der Waals surface area contributed by atoms with Crippen molar-refractivity contribution in [1.82, 2.24) is 5.32 Å². The molecule has 0 spiro atoms. The number of benzene rings is 2. The van der Waals surface area contributed by atoms with Crippen LogP contribution in [0.4, 0.5) is 5.69 Å². The average molecular weight is 417 g/mol. The van der Waals surface area contributed by atoms with Crippen molar-refractivity contribution in [3.63, 3.8) is 0 Å². The highest BCUT2D eigenvalue weighted by Crippen LogP contribution is 2.11. The predicted molar refractivity (Wildman–Crippen MR) is 114 cm³/mol. The summed E-state index contributed by atoms with van der Waals surface area (Å²) in [4.78, 5) is 27.2. The lowest BCUT2D eigenvalue weighted by Crippen LogP contribution is -3.28. The molecule has 154 valence electrons. The van der Waals surface area contributed by atoms with Crippen LogP contribution in [0.3, 0.4) is 0 Å². The smallest absolute Gasteiger partial charge is 0.279 e. The van der Waals surface area contributed by atoms with E-state index in [0.717, 1.165) is 37.7 Å². The van der Waals surface area contributed by atoms with Crippen LogP contribution in [-0.2, 0) is 11.3 Å². The molecule has 29 heavy (non-hydrogen) atoms. The minimum Gasteiger partial charge on any atom is -0.352 e. The Morgan fingerprint density at radius 2 is 1.72 bits per heavy atom. The second-order valence-electron chi connectivity index (χ2n) is 7.47. The molecule has 1 fully saturated rings. The van der Waals surface area contributed by atoms with Crippen LogP contribution >= 0.6 is 11.6 Å². The van der Waals surface area contributed by atoms with Crippen molar-refractivity contribution in [2.75, 3.05) is 44.6 Å². The number of quaternary nitrogens is 2. The third-order valence-corrected chi connectivity index (χ3v) is 5.40. The van der Waals surface area contributed by atoms with E-state index < -0.39 is 0 Å². The highest BCUT2D eigenvalue weighted by Gasteiger charge is 2.25. The molecule has 2 amide bonds. The van der Waals surface area contributed by atoms with Gasteiger partial charge in [0.1, 0.15) is 32.7 Å². The largest absolute Gasteiger partial charge is 0.352 e. The van der Waals surface area contributed by atoms with Crippen LogP contribution < -0.4 is 20.4 Å². The molecule has 0 saturated carbocycles. The lowest BCUT2D eigenvalue weighted by atomic mass is 10.2. The highest BCUT2D eigenvalue weighted by molar-refractivity contribution is 6.30. The first-order chi connectivity index (χ1) is 14.0. The molecule has 0 aromatic heterocycles. The van der Waals surface area contributed by atoms with Crippen LogP contribution in [0.2, 0.25) is 5.02 Å². The molecule has 1 heterocycles. The Bertz CT molecular complexity index is 850. The van der Waals surface area contributed by atoms with E-state index in [2.05, 4.69) is 16.7 Å². The monoisotopic (exact) mass is 416 g/mol. The topological polar surface area (TPSA) is 67.1 Å². The van der Waals surface area contributed by atoms with E-state index in [-0.39, 0.29) is 11.8 Å². The Hall–Kier alpha value is -2.41. The molecule has 7 heteroatoms. The zero-order valence-corrected chi connectivity index (χ0v) is 17.5. The zero-order chi connectivity index (χ0) is 20.6. The van der Waals surface area contributed by atoms with Gasteiger partial charge in [0.05, 0.1) is 0 Å². The van der Waals surface area contributed by atoms with E-state index >= 15 is 0 Å². The summed E-state index contributed by atoms with van der Waals surface area (Å²) < 4.78 is 0. The Balaban J connectivity index is 1.45. The molecule has 1 aliphatic rings. The minimum absolute atomic E-state index is 0.0219. The maximum atomic E-state index is 12.4. The van der Waals surface area contributed by atoms with Gasteiger partial charge in [0.25, 0.3) is 11.8 Å². The fourth-order valence-electron chi connectivity index (χ4n) is 3.68. The van der Waals surface area contributed by atoms with Gasteiger partial charge in [-0.05, 0) is 37.3 Å². The molecule has 6 nitrogen and oxygen atoms in total. The summed E-state index contributed by atoms with van der Waals surface area (Å²) in [6, 6.07) is 15.1. The van der Waals surface area contributed by atoms with E-state index in [9.17, 15) is 9.59 Å². The fraction of sp³-hybridized carbons (Fsp3) is 0.364. The van der Waals surface area contributed by atoms with Gasteiger partial charge in [0.15, 0.2) is 6.54 Å². The Labute approximate surface area is 176 Å². The molecule has 3 rings (SSSR count). The summed E-state index contributed by atoms with van der Waals surface area (Å²) in [5.74, 6) is -0.153. The third kappa shape index (κ3) is 6.56. The molecular formula is C22H29ClN4O2+2. The summed E-state index contributed by atoms with van der Waals surface area (Å²) in [6.45, 7) is 7.84. The molecule has 2 aromatic rings. The molecule has 2 aromatic carbocycles. The van der Waals surface area contributed by atoms with Gasteiger partial charge >= 0.3 is 0 Å². The van der Waals surface area contributed by atoms with Crippen LogP contribution in [0.25, 0.3) is 0 Å². The number of carbonyl (C=O) groups excluding carboxylic acids is 2. The van der Waals surface area contributed by atoms with Crippen molar-refractivity contribution in [3.8, 4) is 0 Å². The van der Waals surface area contributed by atoms with E-state index in [1.165, 1.54) is 15.4 Å². The van der Waals surface area contributed by atoms with Crippen molar-refractivity contribution in [2.45, 2.75) is 13.5 Å². The normalized spacial score (nSPS) is 18.8. The molecule has 0 aliphatic carbocycles. The van der Waals surface area contributed by atoms with Gasteiger partial charge in [0.2, 0.25) is 0 Å². The van der Waals surface area contributed by atoms with Crippen molar-refractivity contribution >= 4 is 29.1 Å². The number of rotatable bonds is 7. The predicted octanol–water partition coefficient (Wildman–Crippen LogP) is 0.0118. The van der Waals surface area contributed by atoms with E-state index in [4.69, 9.17) is 11.6 Å². The van der Waals surface area contributed by atoms with Crippen molar-refractivity contribution in [1.29, 1.82) is 0 Å². The maximum absolute atomic E-state index is 12.4. The summed E-state index contributed by atoms with van der Waals surface area (Å²) in [6.07, 6.45) is 0. The quantitative estimate of drug-likeness (QED) is 0.514. The summed E-state index contributed by atoms with van der Waals surface area (Å²) in [5.41, 5.74) is 2.46. The number of hydrogen-bond acceptors (Lipinski definition) is 2. The summed E-state index contributed by atoms with van der Waals surface area (Å²) in [7, 11) is 0. The van der Waals surface area contributed by atoms with Crippen LogP contribution in [0, 0.1) is 0 Å². The third-order valence-electron chi connectivity index (χ3n) is 5.16. The minimum atomic E-state index is -0.131. The number of amides is 2. The van der Waals surface area contributed by atoms with Gasteiger partial charge in [-0.2, -0.15) is 0 Å². The van der Waals surface area contributed by atoms with Gasteiger partial charge in [-0.15, -0.1) is 0 Å². The number of piperazine rings is 1. The van der Waals surface area contributed by atoms with Crippen LogP contribution in [0.15, 0.2) is 48.5 Å². The molecule has 4 N–H and O–H groups in total. The summed E-state index contributed by atoms with van der Waals surface area (Å²) in [5, 5.41) is 6.47. The van der Waals surface area contributed by atoms with E-state index in [1.807, 2.05) is 31.2 Å². The molecule has 1 aliphatic heterocycles. The molecule has 0 bridgehead atoms. The first kappa shape index (κ1) is 21.3. The SMILES string of the molecule is CCNC(=O)c1cccc(NC(=O)C[NH+]2CC[NH+](Cc3cccc(Cl)c3)CC2)c1. The van der Waals surface area contributed by atoms with E-state index in [1.54, 1.807) is 18.2 Å². The van der Waals surface area contributed by atoms with Crippen LogP contribution in [0.1, 0.15) is 22.8 Å². The van der Waals surface area contributed by atoms with Gasteiger partial charge in [0, 0.05) is 28.4 Å². The van der Waals surface area contributed by atoms with E-state index in [0.29, 0.717) is 24.3 Å². The number of carbonyl (C=O) groups is 2. The Morgan fingerprint density at radius 1 is 1.00 bits per heavy atom.